The third-order valence-electron chi connectivity index (χ3n) is 3.15. The normalized spacial score (nSPS) is 14.2. The van der Waals surface area contributed by atoms with Crippen molar-refractivity contribution < 1.29 is 14.7 Å². The van der Waals surface area contributed by atoms with Gasteiger partial charge in [-0.25, -0.2) is 0 Å². The second-order valence-electron chi connectivity index (χ2n) is 5.05. The Morgan fingerprint density at radius 3 is 2.42 bits per heavy atom. The third-order valence-corrected chi connectivity index (χ3v) is 3.15. The highest BCUT2D eigenvalue weighted by Gasteiger charge is 2.43. The lowest BCUT2D eigenvalue weighted by atomic mass is 10.0. The molecule has 0 aliphatic carbocycles. The Labute approximate surface area is 112 Å². The van der Waals surface area contributed by atoms with Crippen LogP contribution in [-0.2, 0) is 0 Å². The second kappa shape index (κ2) is 4.52. The van der Waals surface area contributed by atoms with E-state index in [1.54, 1.807) is 39.0 Å². The van der Waals surface area contributed by atoms with Crippen LogP contribution in [0, 0.1) is 11.8 Å². The molecule has 4 heteroatoms. The number of benzene rings is 1. The fourth-order valence-electron chi connectivity index (χ4n) is 2.08. The Kier molecular flexibility index (Phi) is 3.17. The summed E-state index contributed by atoms with van der Waals surface area (Å²) < 4.78 is 0. The van der Waals surface area contributed by atoms with Crippen LogP contribution in [0.1, 0.15) is 47.1 Å². The van der Waals surface area contributed by atoms with Crippen molar-refractivity contribution in [3.63, 3.8) is 0 Å². The number of aliphatic hydroxyl groups excluding tert-OH is 1. The van der Waals surface area contributed by atoms with Crippen molar-refractivity contribution in [2.45, 2.75) is 26.3 Å². The predicted molar refractivity (Wildman–Crippen MR) is 70.7 cm³/mol. The summed E-state index contributed by atoms with van der Waals surface area (Å²) in [6.07, 6.45) is 0. The van der Waals surface area contributed by atoms with Gasteiger partial charge in [0.05, 0.1) is 23.3 Å². The van der Waals surface area contributed by atoms with Crippen LogP contribution in [0.4, 0.5) is 0 Å². The summed E-state index contributed by atoms with van der Waals surface area (Å²) in [7, 11) is 0. The van der Waals surface area contributed by atoms with Gasteiger partial charge in [-0.3, -0.25) is 14.5 Å². The van der Waals surface area contributed by atoms with Crippen molar-refractivity contribution in [2.24, 2.45) is 0 Å². The fourth-order valence-corrected chi connectivity index (χ4v) is 2.08. The summed E-state index contributed by atoms with van der Waals surface area (Å²) in [5.74, 6) is 4.87. The molecule has 0 bridgehead atoms. The molecule has 0 saturated carbocycles. The van der Waals surface area contributed by atoms with Crippen molar-refractivity contribution in [3.8, 4) is 11.8 Å². The van der Waals surface area contributed by atoms with E-state index in [0.717, 1.165) is 4.90 Å². The summed E-state index contributed by atoms with van der Waals surface area (Å²) >= 11 is 0. The molecule has 19 heavy (non-hydrogen) atoms. The predicted octanol–water partition coefficient (Wildman–Crippen LogP) is 1.42. The van der Waals surface area contributed by atoms with Crippen molar-refractivity contribution in [2.75, 3.05) is 6.61 Å². The van der Waals surface area contributed by atoms with Crippen LogP contribution in [0.2, 0.25) is 0 Å². The van der Waals surface area contributed by atoms with Crippen LogP contribution < -0.4 is 0 Å². The SMILES string of the molecule is CC#Cc1ccc2c(c1)C(=O)N(C(C)(C)CO)C2=O. The molecule has 2 amide bonds. The quantitative estimate of drug-likeness (QED) is 0.644. The molecule has 0 radical (unpaired) electrons. The lowest BCUT2D eigenvalue weighted by Gasteiger charge is -2.31. The number of aliphatic hydroxyl groups is 1. The highest BCUT2D eigenvalue weighted by Crippen LogP contribution is 2.29. The molecule has 98 valence electrons. The van der Waals surface area contributed by atoms with Crippen molar-refractivity contribution in [1.29, 1.82) is 0 Å². The molecule has 2 rings (SSSR count). The molecular weight excluding hydrogens is 242 g/mol. The first-order valence-electron chi connectivity index (χ1n) is 5.99. The minimum absolute atomic E-state index is 0.278. The maximum atomic E-state index is 12.3. The number of carbonyl (C=O) groups is 2. The third kappa shape index (κ3) is 2.02. The van der Waals surface area contributed by atoms with Gasteiger partial charge in [0.15, 0.2) is 0 Å². The zero-order valence-electron chi connectivity index (χ0n) is 11.2. The van der Waals surface area contributed by atoms with Crippen molar-refractivity contribution in [1.82, 2.24) is 4.90 Å². The Morgan fingerprint density at radius 1 is 1.21 bits per heavy atom. The molecule has 1 aromatic rings. The first-order chi connectivity index (χ1) is 8.92. The zero-order valence-corrected chi connectivity index (χ0v) is 11.2. The van der Waals surface area contributed by atoms with E-state index in [2.05, 4.69) is 11.8 Å². The van der Waals surface area contributed by atoms with Crippen molar-refractivity contribution >= 4 is 11.8 Å². The van der Waals surface area contributed by atoms with Crippen LogP contribution in [0.5, 0.6) is 0 Å². The molecule has 1 aromatic carbocycles. The molecule has 1 heterocycles. The van der Waals surface area contributed by atoms with E-state index in [0.29, 0.717) is 16.7 Å². The fraction of sp³-hybridized carbons (Fsp3) is 0.333. The maximum Gasteiger partial charge on any atom is 0.262 e. The van der Waals surface area contributed by atoms with Gasteiger partial charge in [0, 0.05) is 5.56 Å². The molecule has 0 atom stereocenters. The van der Waals surface area contributed by atoms with Gasteiger partial charge in [0.1, 0.15) is 0 Å². The zero-order chi connectivity index (χ0) is 14.2. The summed E-state index contributed by atoms with van der Waals surface area (Å²) in [4.78, 5) is 25.7. The van der Waals surface area contributed by atoms with Gasteiger partial charge in [-0.2, -0.15) is 0 Å². The van der Waals surface area contributed by atoms with Gasteiger partial charge < -0.3 is 5.11 Å². The molecule has 0 saturated heterocycles. The first kappa shape index (κ1) is 13.3. The van der Waals surface area contributed by atoms with E-state index in [4.69, 9.17) is 0 Å². The Balaban J connectivity index is 2.52. The van der Waals surface area contributed by atoms with Crippen LogP contribution in [0.15, 0.2) is 18.2 Å². The monoisotopic (exact) mass is 257 g/mol. The van der Waals surface area contributed by atoms with E-state index in [-0.39, 0.29) is 18.4 Å². The number of amides is 2. The molecule has 1 N–H and O–H groups in total. The van der Waals surface area contributed by atoms with Crippen molar-refractivity contribution in [3.05, 3.63) is 34.9 Å². The number of hydrogen-bond acceptors (Lipinski definition) is 3. The Bertz CT molecular complexity index is 620. The Hall–Kier alpha value is -2.12. The van der Waals surface area contributed by atoms with E-state index in [9.17, 15) is 14.7 Å². The highest BCUT2D eigenvalue weighted by molar-refractivity contribution is 6.22. The standard InChI is InChI=1S/C15H15NO3/c1-4-5-10-6-7-11-12(8-10)14(19)16(13(11)18)15(2,3)9-17/h6-8,17H,9H2,1-3H3. The summed E-state index contributed by atoms with van der Waals surface area (Å²) in [6.45, 7) is 4.74. The number of fused-ring (bicyclic) bond motifs is 1. The molecule has 0 unspecified atom stereocenters. The largest absolute Gasteiger partial charge is 0.394 e. The smallest absolute Gasteiger partial charge is 0.262 e. The van der Waals surface area contributed by atoms with Gasteiger partial charge in [-0.05, 0) is 39.0 Å². The molecule has 1 aliphatic rings. The van der Waals surface area contributed by atoms with Gasteiger partial charge in [0.25, 0.3) is 11.8 Å². The van der Waals surface area contributed by atoms with Crippen LogP contribution >= 0.6 is 0 Å². The van der Waals surface area contributed by atoms with E-state index in [1.165, 1.54) is 0 Å². The summed E-state index contributed by atoms with van der Waals surface area (Å²) in [5, 5.41) is 9.34. The lowest BCUT2D eigenvalue weighted by molar-refractivity contribution is 0.0353. The average molecular weight is 257 g/mol. The number of carbonyl (C=O) groups excluding carboxylic acids is 2. The topological polar surface area (TPSA) is 57.6 Å². The first-order valence-corrected chi connectivity index (χ1v) is 5.99. The van der Waals surface area contributed by atoms with Crippen LogP contribution in [0.3, 0.4) is 0 Å². The second-order valence-corrected chi connectivity index (χ2v) is 5.05. The maximum absolute atomic E-state index is 12.3. The minimum Gasteiger partial charge on any atom is -0.394 e. The molecule has 1 aliphatic heterocycles. The molecule has 4 nitrogen and oxygen atoms in total. The summed E-state index contributed by atoms with van der Waals surface area (Å²) in [5.41, 5.74) is 0.509. The van der Waals surface area contributed by atoms with E-state index < -0.39 is 5.54 Å². The average Bonchev–Trinajstić information content (AvgIpc) is 2.62. The van der Waals surface area contributed by atoms with Crippen LogP contribution in [0.25, 0.3) is 0 Å². The van der Waals surface area contributed by atoms with E-state index in [1.807, 2.05) is 0 Å². The summed E-state index contributed by atoms with van der Waals surface area (Å²) in [6, 6.07) is 4.96. The number of imide groups is 1. The highest BCUT2D eigenvalue weighted by atomic mass is 16.3. The van der Waals surface area contributed by atoms with Gasteiger partial charge in [-0.1, -0.05) is 5.92 Å². The lowest BCUT2D eigenvalue weighted by Crippen LogP contribution is -2.50. The van der Waals surface area contributed by atoms with Crippen LogP contribution in [-0.4, -0.2) is 34.0 Å². The van der Waals surface area contributed by atoms with Gasteiger partial charge in [-0.15, -0.1) is 5.92 Å². The minimum atomic E-state index is -0.913. The van der Waals surface area contributed by atoms with Gasteiger partial charge >= 0.3 is 0 Å². The number of nitrogens with zero attached hydrogens (tertiary/aromatic N) is 1. The van der Waals surface area contributed by atoms with Gasteiger partial charge in [0.2, 0.25) is 0 Å². The molecular formula is C15H15NO3. The molecule has 0 spiro atoms. The van der Waals surface area contributed by atoms with E-state index >= 15 is 0 Å². The Morgan fingerprint density at radius 2 is 1.84 bits per heavy atom. The number of rotatable bonds is 2. The molecule has 0 aromatic heterocycles. The number of hydrogen-bond donors (Lipinski definition) is 1. The molecule has 0 fully saturated rings.